The minimum atomic E-state index is 0.869. The van der Waals surface area contributed by atoms with Crippen LogP contribution in [-0.2, 0) is 0 Å². The fraction of sp³-hybridized carbons (Fsp3) is 0. The molecule has 1 aromatic heterocycles. The zero-order valence-corrected chi connectivity index (χ0v) is 27.4. The van der Waals surface area contributed by atoms with E-state index in [1.165, 1.54) is 33.0 Å². The zero-order valence-electron chi connectivity index (χ0n) is 27.4. The van der Waals surface area contributed by atoms with Crippen LogP contribution in [0.4, 0.5) is 17.1 Å². The highest BCUT2D eigenvalue weighted by atomic mass is 16.3. The van der Waals surface area contributed by atoms with Gasteiger partial charge < -0.3 is 9.32 Å². The van der Waals surface area contributed by atoms with E-state index in [-0.39, 0.29) is 0 Å². The number of hydrogen-bond donors (Lipinski definition) is 0. The number of hydrogen-bond acceptors (Lipinski definition) is 2. The van der Waals surface area contributed by atoms with Crippen molar-refractivity contribution in [2.45, 2.75) is 0 Å². The molecule has 0 fully saturated rings. The molecular formula is C48H33NO. The van der Waals surface area contributed by atoms with Gasteiger partial charge in [0.05, 0.1) is 0 Å². The molecule has 0 radical (unpaired) electrons. The van der Waals surface area contributed by atoms with Crippen molar-refractivity contribution in [1.29, 1.82) is 0 Å². The summed E-state index contributed by atoms with van der Waals surface area (Å²) in [5.41, 5.74) is 12.2. The summed E-state index contributed by atoms with van der Waals surface area (Å²) in [4.78, 5) is 2.31. The topological polar surface area (TPSA) is 16.4 Å². The Labute approximate surface area is 292 Å². The van der Waals surface area contributed by atoms with E-state index in [1.807, 2.05) is 12.1 Å². The van der Waals surface area contributed by atoms with E-state index < -0.39 is 0 Å². The maximum absolute atomic E-state index is 6.60. The van der Waals surface area contributed by atoms with Gasteiger partial charge in [0.25, 0.3) is 0 Å². The fourth-order valence-electron chi connectivity index (χ4n) is 7.10. The van der Waals surface area contributed by atoms with Crippen molar-refractivity contribution in [3.8, 4) is 44.7 Å². The normalized spacial score (nSPS) is 11.2. The lowest BCUT2D eigenvalue weighted by Gasteiger charge is -2.26. The molecule has 2 heteroatoms. The van der Waals surface area contributed by atoms with Gasteiger partial charge in [0.2, 0.25) is 0 Å². The number of nitrogens with zero attached hydrogens (tertiary/aromatic N) is 1. The number of fused-ring (bicyclic) bond motifs is 2. The van der Waals surface area contributed by atoms with Gasteiger partial charge >= 0.3 is 0 Å². The molecule has 236 valence electrons. The van der Waals surface area contributed by atoms with Crippen molar-refractivity contribution >= 4 is 38.8 Å². The largest absolute Gasteiger partial charge is 0.455 e. The van der Waals surface area contributed by atoms with Crippen LogP contribution in [0.2, 0.25) is 0 Å². The van der Waals surface area contributed by atoms with Gasteiger partial charge in [-0.2, -0.15) is 0 Å². The molecule has 0 N–H and O–H groups in total. The second-order valence-electron chi connectivity index (χ2n) is 12.5. The maximum Gasteiger partial charge on any atom is 0.143 e. The van der Waals surface area contributed by atoms with Crippen LogP contribution in [-0.4, -0.2) is 0 Å². The monoisotopic (exact) mass is 639 g/mol. The Morgan fingerprint density at radius 1 is 0.340 bits per heavy atom. The number of anilines is 3. The van der Waals surface area contributed by atoms with Gasteiger partial charge in [-0.15, -0.1) is 0 Å². The van der Waals surface area contributed by atoms with E-state index in [1.54, 1.807) is 0 Å². The van der Waals surface area contributed by atoms with Crippen LogP contribution in [0.3, 0.4) is 0 Å². The molecule has 0 amide bonds. The Morgan fingerprint density at radius 2 is 0.920 bits per heavy atom. The summed E-state index contributed by atoms with van der Waals surface area (Å²) in [7, 11) is 0. The molecule has 0 saturated carbocycles. The van der Waals surface area contributed by atoms with Gasteiger partial charge in [-0.25, -0.2) is 0 Å². The third-order valence-corrected chi connectivity index (χ3v) is 9.46. The summed E-state index contributed by atoms with van der Waals surface area (Å²) in [6, 6.07) is 70.9. The number of para-hydroxylation sites is 2. The van der Waals surface area contributed by atoms with E-state index in [0.717, 1.165) is 50.5 Å². The van der Waals surface area contributed by atoms with Crippen molar-refractivity contribution in [3.05, 3.63) is 200 Å². The Morgan fingerprint density at radius 3 is 1.76 bits per heavy atom. The van der Waals surface area contributed by atoms with E-state index >= 15 is 0 Å². The number of benzene rings is 8. The van der Waals surface area contributed by atoms with Crippen molar-refractivity contribution in [2.24, 2.45) is 0 Å². The molecule has 0 spiro atoms. The zero-order chi connectivity index (χ0) is 33.3. The molecular weight excluding hydrogens is 607 g/mol. The third kappa shape index (κ3) is 5.43. The van der Waals surface area contributed by atoms with Crippen molar-refractivity contribution in [1.82, 2.24) is 0 Å². The third-order valence-electron chi connectivity index (χ3n) is 9.46. The molecule has 50 heavy (non-hydrogen) atoms. The summed E-state index contributed by atoms with van der Waals surface area (Å²) in [6.45, 7) is 0. The van der Waals surface area contributed by atoms with Crippen LogP contribution in [0.1, 0.15) is 0 Å². The second-order valence-corrected chi connectivity index (χ2v) is 12.5. The highest BCUT2D eigenvalue weighted by Gasteiger charge is 2.20. The van der Waals surface area contributed by atoms with Crippen LogP contribution >= 0.6 is 0 Å². The molecule has 0 aliphatic carbocycles. The second kappa shape index (κ2) is 12.8. The predicted molar refractivity (Wildman–Crippen MR) is 210 cm³/mol. The van der Waals surface area contributed by atoms with E-state index in [4.69, 9.17) is 4.42 Å². The van der Waals surface area contributed by atoms with E-state index in [0.29, 0.717) is 0 Å². The minimum Gasteiger partial charge on any atom is -0.455 e. The lowest BCUT2D eigenvalue weighted by atomic mass is 9.95. The number of furan rings is 1. The first-order valence-electron chi connectivity index (χ1n) is 17.0. The Bertz CT molecular complexity index is 2580. The number of rotatable bonds is 7. The SMILES string of the molecule is c1ccc(-c2c(-c3cccc(N(c4ccccc4)c4ccc(-c5cccc(-c6cccc7ccccc67)c5)cc4)c3)oc3ccccc23)cc1. The highest BCUT2D eigenvalue weighted by molar-refractivity contribution is 6.02. The molecule has 0 aliphatic rings. The first-order valence-corrected chi connectivity index (χ1v) is 17.0. The molecule has 0 aliphatic heterocycles. The van der Waals surface area contributed by atoms with Gasteiger partial charge in [0, 0.05) is 33.6 Å². The molecule has 0 bridgehead atoms. The minimum absolute atomic E-state index is 0.869. The predicted octanol–water partition coefficient (Wildman–Crippen LogP) is 13.7. The lowest BCUT2D eigenvalue weighted by Crippen LogP contribution is -2.09. The smallest absolute Gasteiger partial charge is 0.143 e. The van der Waals surface area contributed by atoms with Gasteiger partial charge in [-0.05, 0) is 87.1 Å². The average Bonchev–Trinajstić information content (AvgIpc) is 3.59. The quantitative estimate of drug-likeness (QED) is 0.173. The van der Waals surface area contributed by atoms with Gasteiger partial charge in [0.1, 0.15) is 11.3 Å². The molecule has 0 unspecified atom stereocenters. The molecule has 1 heterocycles. The maximum atomic E-state index is 6.60. The van der Waals surface area contributed by atoms with Gasteiger partial charge in [-0.1, -0.05) is 152 Å². The van der Waals surface area contributed by atoms with Gasteiger partial charge in [0.15, 0.2) is 0 Å². The molecule has 0 saturated heterocycles. The van der Waals surface area contributed by atoms with Crippen LogP contribution in [0, 0.1) is 0 Å². The summed E-state index contributed by atoms with van der Waals surface area (Å²) in [6.07, 6.45) is 0. The molecule has 0 atom stereocenters. The Kier molecular flexibility index (Phi) is 7.53. The van der Waals surface area contributed by atoms with Crippen molar-refractivity contribution in [2.75, 3.05) is 4.90 Å². The lowest BCUT2D eigenvalue weighted by molar-refractivity contribution is 0.632. The Balaban J connectivity index is 1.11. The van der Waals surface area contributed by atoms with Crippen LogP contribution in [0.5, 0.6) is 0 Å². The van der Waals surface area contributed by atoms with Crippen LogP contribution in [0.25, 0.3) is 66.4 Å². The van der Waals surface area contributed by atoms with Gasteiger partial charge in [-0.3, -0.25) is 0 Å². The van der Waals surface area contributed by atoms with Crippen LogP contribution in [0.15, 0.2) is 205 Å². The van der Waals surface area contributed by atoms with E-state index in [9.17, 15) is 0 Å². The summed E-state index contributed by atoms with van der Waals surface area (Å²) in [5.74, 6) is 0.869. The summed E-state index contributed by atoms with van der Waals surface area (Å²) < 4.78 is 6.60. The van der Waals surface area contributed by atoms with Crippen LogP contribution < -0.4 is 4.90 Å². The molecule has 9 rings (SSSR count). The molecule has 8 aromatic carbocycles. The fourth-order valence-corrected chi connectivity index (χ4v) is 7.10. The summed E-state index contributed by atoms with van der Waals surface area (Å²) >= 11 is 0. The van der Waals surface area contributed by atoms with Crippen molar-refractivity contribution in [3.63, 3.8) is 0 Å². The molecule has 2 nitrogen and oxygen atoms in total. The van der Waals surface area contributed by atoms with Crippen molar-refractivity contribution < 1.29 is 4.42 Å². The first kappa shape index (κ1) is 29.5. The molecule has 9 aromatic rings. The Hall–Kier alpha value is -6.64. The standard InChI is InChI=1S/C48H33NO/c1-3-15-36(16-4-1)47-45-25-9-10-27-46(45)50-48(47)39-20-12-23-42(33-39)49(40-21-5-2-6-22-40)41-30-28-34(29-31-41)37-18-11-19-38(32-37)44-26-13-17-35-14-7-8-24-43(35)44/h1-33H. The first-order chi connectivity index (χ1) is 24.8. The average molecular weight is 640 g/mol. The highest BCUT2D eigenvalue weighted by Crippen LogP contribution is 2.43. The summed E-state index contributed by atoms with van der Waals surface area (Å²) in [5, 5.41) is 3.63. The van der Waals surface area contributed by atoms with E-state index in [2.05, 4.69) is 193 Å².